The maximum atomic E-state index is 13.9. The van der Waals surface area contributed by atoms with Gasteiger partial charge in [-0.3, -0.25) is 4.79 Å². The van der Waals surface area contributed by atoms with Gasteiger partial charge in [0.15, 0.2) is 0 Å². The van der Waals surface area contributed by atoms with E-state index in [0.29, 0.717) is 11.3 Å². The number of esters is 1. The van der Waals surface area contributed by atoms with E-state index in [1.807, 2.05) is 48.5 Å². The molecular weight excluding hydrogens is 473 g/mol. The second-order valence-electron chi connectivity index (χ2n) is 8.69. The van der Waals surface area contributed by atoms with Crippen LogP contribution in [-0.4, -0.2) is 13.1 Å². The number of ether oxygens (including phenoxy) is 2. The van der Waals surface area contributed by atoms with Crippen LogP contribution < -0.4 is 4.74 Å². The first-order valence-corrected chi connectivity index (χ1v) is 12.5. The smallest absolute Gasteiger partial charge is 0.316 e. The van der Waals surface area contributed by atoms with Gasteiger partial charge in [-0.25, -0.2) is 13.2 Å². The van der Waals surface area contributed by atoms with Crippen molar-refractivity contribution in [2.24, 2.45) is 0 Å². The molecule has 3 aromatic rings. The van der Waals surface area contributed by atoms with Crippen LogP contribution in [0.1, 0.15) is 48.4 Å². The Kier molecular flexibility index (Phi) is 7.45. The van der Waals surface area contributed by atoms with Gasteiger partial charge >= 0.3 is 5.97 Å². The summed E-state index contributed by atoms with van der Waals surface area (Å²) < 4.78 is 52.4. The highest BCUT2D eigenvalue weighted by Crippen LogP contribution is 2.49. The molecule has 4 rings (SSSR count). The molecule has 0 amide bonds. The molecule has 0 bridgehead atoms. The largest absolute Gasteiger partial charge is 0.489 e. The standard InChI is InChI=1S/C28H27F3O3S/c1-3-28(30,31)24-16-20(6-13-25(24)29)17-34-22-9-4-19(5-10-22)18-35-23-11-7-21(8-12-23)27(14-15-27)26(32)33-2/h4-13,16H,3,14-15,17-18H2,1-2H3. The summed E-state index contributed by atoms with van der Waals surface area (Å²) in [6.45, 7) is 1.40. The average molecular weight is 501 g/mol. The molecule has 3 nitrogen and oxygen atoms in total. The lowest BCUT2D eigenvalue weighted by Crippen LogP contribution is -2.21. The Morgan fingerprint density at radius 3 is 2.26 bits per heavy atom. The molecule has 0 N–H and O–H groups in total. The van der Waals surface area contributed by atoms with Crippen LogP contribution in [0.3, 0.4) is 0 Å². The molecule has 1 saturated carbocycles. The van der Waals surface area contributed by atoms with Crippen LogP contribution in [0.5, 0.6) is 5.75 Å². The van der Waals surface area contributed by atoms with Gasteiger partial charge in [0.1, 0.15) is 18.2 Å². The molecular formula is C28H27F3O3S. The van der Waals surface area contributed by atoms with Crippen molar-refractivity contribution in [3.8, 4) is 5.75 Å². The van der Waals surface area contributed by atoms with Crippen molar-refractivity contribution in [3.05, 3.63) is 94.8 Å². The third-order valence-corrected chi connectivity index (χ3v) is 7.42. The van der Waals surface area contributed by atoms with Crippen LogP contribution in [-0.2, 0) is 33.2 Å². The van der Waals surface area contributed by atoms with Crippen LogP contribution in [0.2, 0.25) is 0 Å². The monoisotopic (exact) mass is 500 g/mol. The van der Waals surface area contributed by atoms with E-state index in [2.05, 4.69) is 0 Å². The molecule has 1 aliphatic carbocycles. The first-order valence-electron chi connectivity index (χ1n) is 11.5. The maximum Gasteiger partial charge on any atom is 0.316 e. The third kappa shape index (κ3) is 5.67. The van der Waals surface area contributed by atoms with Crippen LogP contribution >= 0.6 is 11.8 Å². The van der Waals surface area contributed by atoms with E-state index in [1.165, 1.54) is 26.2 Å². The highest BCUT2D eigenvalue weighted by atomic mass is 32.2. The van der Waals surface area contributed by atoms with E-state index in [0.717, 1.165) is 40.7 Å². The zero-order chi connectivity index (χ0) is 25.1. The van der Waals surface area contributed by atoms with Crippen molar-refractivity contribution in [1.29, 1.82) is 0 Å². The summed E-state index contributed by atoms with van der Waals surface area (Å²) in [5.41, 5.74) is 1.53. The number of methoxy groups -OCH3 is 1. The minimum absolute atomic E-state index is 0.0700. The van der Waals surface area contributed by atoms with Gasteiger partial charge in [-0.05, 0) is 65.9 Å². The third-order valence-electron chi connectivity index (χ3n) is 6.34. The van der Waals surface area contributed by atoms with Gasteiger partial charge in [0.2, 0.25) is 0 Å². The Bertz CT molecular complexity index is 1170. The van der Waals surface area contributed by atoms with Crippen LogP contribution in [0, 0.1) is 5.82 Å². The molecule has 0 spiro atoms. The fourth-order valence-electron chi connectivity index (χ4n) is 3.95. The summed E-state index contributed by atoms with van der Waals surface area (Å²) in [5.74, 6) is -2.92. The number of thioether (sulfide) groups is 1. The predicted octanol–water partition coefficient (Wildman–Crippen LogP) is 7.40. The number of carbonyl (C=O) groups excluding carboxylic acids is 1. The number of carbonyl (C=O) groups is 1. The molecule has 0 radical (unpaired) electrons. The topological polar surface area (TPSA) is 35.5 Å². The van der Waals surface area contributed by atoms with E-state index in [9.17, 15) is 18.0 Å². The van der Waals surface area contributed by atoms with Gasteiger partial charge < -0.3 is 9.47 Å². The highest BCUT2D eigenvalue weighted by molar-refractivity contribution is 7.98. The number of hydrogen-bond acceptors (Lipinski definition) is 4. The zero-order valence-electron chi connectivity index (χ0n) is 19.7. The minimum atomic E-state index is -3.21. The fraction of sp³-hybridized carbons (Fsp3) is 0.321. The lowest BCUT2D eigenvalue weighted by Gasteiger charge is -2.16. The summed E-state index contributed by atoms with van der Waals surface area (Å²) >= 11 is 1.69. The molecule has 1 aliphatic rings. The summed E-state index contributed by atoms with van der Waals surface area (Å²) in [7, 11) is 1.43. The van der Waals surface area contributed by atoms with E-state index in [1.54, 1.807) is 11.8 Å². The van der Waals surface area contributed by atoms with Gasteiger partial charge in [-0.1, -0.05) is 37.3 Å². The molecule has 0 unspecified atom stereocenters. The molecule has 0 aromatic heterocycles. The van der Waals surface area contributed by atoms with Crippen molar-refractivity contribution >= 4 is 17.7 Å². The van der Waals surface area contributed by atoms with Crippen LogP contribution in [0.15, 0.2) is 71.6 Å². The first kappa shape index (κ1) is 25.2. The van der Waals surface area contributed by atoms with Gasteiger partial charge in [0, 0.05) is 17.1 Å². The second-order valence-corrected chi connectivity index (χ2v) is 9.74. The molecule has 35 heavy (non-hydrogen) atoms. The minimum Gasteiger partial charge on any atom is -0.489 e. The molecule has 0 aliphatic heterocycles. The molecule has 0 atom stereocenters. The quantitative estimate of drug-likeness (QED) is 0.215. The zero-order valence-corrected chi connectivity index (χ0v) is 20.5. The van der Waals surface area contributed by atoms with E-state index >= 15 is 0 Å². The summed E-state index contributed by atoms with van der Waals surface area (Å²) in [5, 5.41) is 0. The maximum absolute atomic E-state index is 13.9. The molecule has 0 heterocycles. The van der Waals surface area contributed by atoms with Crippen molar-refractivity contribution in [2.75, 3.05) is 7.11 Å². The van der Waals surface area contributed by atoms with Crippen LogP contribution in [0.4, 0.5) is 13.2 Å². The first-order chi connectivity index (χ1) is 16.8. The lowest BCUT2D eigenvalue weighted by atomic mass is 9.96. The van der Waals surface area contributed by atoms with Gasteiger partial charge in [0.05, 0.1) is 18.1 Å². The number of benzene rings is 3. The van der Waals surface area contributed by atoms with Crippen molar-refractivity contribution in [2.45, 2.75) is 54.8 Å². The summed E-state index contributed by atoms with van der Waals surface area (Å²) in [6.07, 6.45) is 1.19. The van der Waals surface area contributed by atoms with Crippen molar-refractivity contribution in [1.82, 2.24) is 0 Å². The molecule has 1 fully saturated rings. The number of hydrogen-bond donors (Lipinski definition) is 0. The normalized spacial score (nSPS) is 14.4. The number of rotatable bonds is 10. The SMILES string of the molecule is CCC(F)(F)c1cc(COc2ccc(CSc3ccc(C4(C(=O)OC)CC4)cc3)cc2)ccc1F. The van der Waals surface area contributed by atoms with Crippen LogP contribution in [0.25, 0.3) is 0 Å². The van der Waals surface area contributed by atoms with Gasteiger partial charge in [0.25, 0.3) is 5.92 Å². The molecule has 3 aromatic carbocycles. The summed E-state index contributed by atoms with van der Waals surface area (Å²) in [4.78, 5) is 13.1. The van der Waals surface area contributed by atoms with E-state index in [-0.39, 0.29) is 12.6 Å². The highest BCUT2D eigenvalue weighted by Gasteiger charge is 2.52. The predicted molar refractivity (Wildman–Crippen MR) is 130 cm³/mol. The number of halogens is 3. The Hall–Kier alpha value is -2.93. The van der Waals surface area contributed by atoms with Crippen molar-refractivity contribution in [3.63, 3.8) is 0 Å². The Morgan fingerprint density at radius 1 is 1.00 bits per heavy atom. The van der Waals surface area contributed by atoms with Crippen molar-refractivity contribution < 1.29 is 27.4 Å². The average Bonchev–Trinajstić information content (AvgIpc) is 3.69. The van der Waals surface area contributed by atoms with Gasteiger partial charge in [-0.15, -0.1) is 11.8 Å². The lowest BCUT2D eigenvalue weighted by molar-refractivity contribution is -0.143. The Labute approximate surface area is 207 Å². The number of alkyl halides is 2. The van der Waals surface area contributed by atoms with E-state index in [4.69, 9.17) is 9.47 Å². The van der Waals surface area contributed by atoms with Gasteiger partial charge in [-0.2, -0.15) is 0 Å². The molecule has 7 heteroatoms. The Balaban J connectivity index is 1.31. The molecule has 184 valence electrons. The fourth-order valence-corrected chi connectivity index (χ4v) is 4.80. The summed E-state index contributed by atoms with van der Waals surface area (Å²) in [6, 6.07) is 19.3. The second kappa shape index (κ2) is 10.4. The Morgan fingerprint density at radius 2 is 1.66 bits per heavy atom. The van der Waals surface area contributed by atoms with E-state index < -0.39 is 29.1 Å². The molecule has 0 saturated heterocycles.